The number of rotatable bonds is 2. The molecule has 0 atom stereocenters. The van der Waals surface area contributed by atoms with Crippen LogP contribution in [0.3, 0.4) is 0 Å². The van der Waals surface area contributed by atoms with Crippen LogP contribution in [0.4, 0.5) is 5.69 Å². The van der Waals surface area contributed by atoms with Crippen LogP contribution in [0.25, 0.3) is 0 Å². The van der Waals surface area contributed by atoms with E-state index in [0.29, 0.717) is 17.3 Å². The average Bonchev–Trinajstić information content (AvgIpc) is 2.58. The van der Waals surface area contributed by atoms with E-state index in [4.69, 9.17) is 17.3 Å². The van der Waals surface area contributed by atoms with Crippen molar-refractivity contribution in [2.24, 2.45) is 0 Å². The summed E-state index contributed by atoms with van der Waals surface area (Å²) in [7, 11) is 0. The maximum Gasteiger partial charge on any atom is 0.307 e. The van der Waals surface area contributed by atoms with Crippen molar-refractivity contribution >= 4 is 28.6 Å². The molecule has 0 aliphatic heterocycles. The number of hydrogen-bond acceptors (Lipinski definition) is 3. The van der Waals surface area contributed by atoms with Crippen LogP contribution in [0.15, 0.2) is 34.6 Å². The second-order valence-corrected chi connectivity index (χ2v) is 4.37. The first kappa shape index (κ1) is 10.3. The summed E-state index contributed by atoms with van der Waals surface area (Å²) in [6.45, 7) is 0.424. The van der Waals surface area contributed by atoms with Gasteiger partial charge < -0.3 is 10.3 Å². The van der Waals surface area contributed by atoms with E-state index in [1.54, 1.807) is 34.3 Å². The number of benzene rings is 1. The van der Waals surface area contributed by atoms with E-state index >= 15 is 0 Å². The molecule has 2 rings (SSSR count). The van der Waals surface area contributed by atoms with Crippen LogP contribution in [0.1, 0.15) is 5.56 Å². The molecule has 0 fully saturated rings. The topological polar surface area (TPSA) is 48.0 Å². The Labute approximate surface area is 95.7 Å². The Balaban J connectivity index is 2.40. The number of nitrogens with two attached hydrogens (primary N) is 1. The minimum Gasteiger partial charge on any atom is -0.398 e. The molecule has 0 saturated heterocycles. The smallest absolute Gasteiger partial charge is 0.307 e. The molecular weight excluding hydrogens is 232 g/mol. The fourth-order valence-corrected chi connectivity index (χ4v) is 2.15. The van der Waals surface area contributed by atoms with Crippen LogP contribution in [-0.2, 0) is 6.54 Å². The third kappa shape index (κ3) is 2.06. The van der Waals surface area contributed by atoms with E-state index in [2.05, 4.69) is 0 Å². The van der Waals surface area contributed by atoms with Crippen molar-refractivity contribution in [3.8, 4) is 0 Å². The number of thiazole rings is 1. The molecule has 1 aromatic carbocycles. The van der Waals surface area contributed by atoms with Gasteiger partial charge in [0.15, 0.2) is 0 Å². The number of nitrogen functional groups attached to an aromatic ring is 1. The van der Waals surface area contributed by atoms with Gasteiger partial charge in [-0.1, -0.05) is 29.0 Å². The molecule has 78 valence electrons. The maximum absolute atomic E-state index is 11.3. The summed E-state index contributed by atoms with van der Waals surface area (Å²) in [5.41, 5.74) is 7.19. The van der Waals surface area contributed by atoms with Gasteiger partial charge in [-0.3, -0.25) is 4.79 Å². The molecular formula is C10H9ClN2OS. The van der Waals surface area contributed by atoms with Crippen molar-refractivity contribution in [1.29, 1.82) is 0 Å². The maximum atomic E-state index is 11.3. The van der Waals surface area contributed by atoms with Gasteiger partial charge in [0, 0.05) is 27.9 Å². The lowest BCUT2D eigenvalue weighted by Gasteiger charge is -2.07. The predicted octanol–water partition coefficient (Wildman–Crippen LogP) is 2.19. The normalized spacial score (nSPS) is 10.5. The zero-order valence-electron chi connectivity index (χ0n) is 7.81. The Morgan fingerprint density at radius 1 is 1.47 bits per heavy atom. The molecule has 3 nitrogen and oxygen atoms in total. The van der Waals surface area contributed by atoms with Gasteiger partial charge in [0.25, 0.3) is 0 Å². The lowest BCUT2D eigenvalue weighted by molar-refractivity contribution is 0.786. The van der Waals surface area contributed by atoms with Crippen LogP contribution < -0.4 is 10.6 Å². The van der Waals surface area contributed by atoms with E-state index in [1.807, 2.05) is 0 Å². The summed E-state index contributed by atoms with van der Waals surface area (Å²) in [5, 5.41) is 2.34. The van der Waals surface area contributed by atoms with E-state index in [-0.39, 0.29) is 4.87 Å². The second-order valence-electron chi connectivity index (χ2n) is 3.10. The minimum atomic E-state index is -0.00526. The highest BCUT2D eigenvalue weighted by molar-refractivity contribution is 7.07. The first-order valence-electron chi connectivity index (χ1n) is 4.35. The van der Waals surface area contributed by atoms with Gasteiger partial charge in [-0.05, 0) is 12.1 Å². The highest BCUT2D eigenvalue weighted by Crippen LogP contribution is 2.22. The van der Waals surface area contributed by atoms with Gasteiger partial charge in [-0.15, -0.1) is 0 Å². The van der Waals surface area contributed by atoms with Crippen molar-refractivity contribution in [2.45, 2.75) is 6.54 Å². The molecule has 0 aliphatic rings. The third-order valence-electron chi connectivity index (χ3n) is 2.13. The lowest BCUT2D eigenvalue weighted by atomic mass is 10.2. The van der Waals surface area contributed by atoms with E-state index in [0.717, 1.165) is 16.9 Å². The predicted molar refractivity (Wildman–Crippen MR) is 63.5 cm³/mol. The fraction of sp³-hybridized carbons (Fsp3) is 0.100. The van der Waals surface area contributed by atoms with Crippen LogP contribution in [-0.4, -0.2) is 4.57 Å². The van der Waals surface area contributed by atoms with Crippen molar-refractivity contribution < 1.29 is 0 Å². The molecule has 5 heteroatoms. The summed E-state index contributed by atoms with van der Waals surface area (Å²) in [6.07, 6.45) is 1.73. The fourth-order valence-electron chi connectivity index (χ4n) is 1.32. The minimum absolute atomic E-state index is 0.00526. The van der Waals surface area contributed by atoms with Crippen LogP contribution in [0.5, 0.6) is 0 Å². The number of anilines is 1. The molecule has 2 N–H and O–H groups in total. The van der Waals surface area contributed by atoms with Crippen molar-refractivity contribution in [1.82, 2.24) is 4.57 Å². The number of aromatic nitrogens is 1. The van der Waals surface area contributed by atoms with Crippen LogP contribution >= 0.6 is 22.9 Å². The quantitative estimate of drug-likeness (QED) is 0.818. The molecule has 0 bridgehead atoms. The summed E-state index contributed by atoms with van der Waals surface area (Å²) < 4.78 is 1.59. The molecule has 1 heterocycles. The van der Waals surface area contributed by atoms with E-state index in [9.17, 15) is 4.79 Å². The molecule has 2 aromatic rings. The van der Waals surface area contributed by atoms with Crippen molar-refractivity contribution in [3.05, 3.63) is 50.0 Å². The zero-order valence-corrected chi connectivity index (χ0v) is 9.39. The summed E-state index contributed by atoms with van der Waals surface area (Å²) in [6, 6.07) is 5.33. The summed E-state index contributed by atoms with van der Waals surface area (Å²) in [4.78, 5) is 11.3. The van der Waals surface area contributed by atoms with Gasteiger partial charge >= 0.3 is 4.87 Å². The van der Waals surface area contributed by atoms with Crippen LogP contribution in [0.2, 0.25) is 5.02 Å². The van der Waals surface area contributed by atoms with Gasteiger partial charge in [-0.2, -0.15) is 0 Å². The highest BCUT2D eigenvalue weighted by atomic mass is 35.5. The highest BCUT2D eigenvalue weighted by Gasteiger charge is 2.06. The Hall–Kier alpha value is -1.26. The number of halogens is 1. The molecule has 0 unspecified atom stereocenters. The zero-order chi connectivity index (χ0) is 10.8. The standard InChI is InChI=1S/C10H9ClN2OS/c11-8-2-1-3-9(12)7(8)6-13-4-5-15-10(13)14/h1-5H,6,12H2. The van der Waals surface area contributed by atoms with Crippen molar-refractivity contribution in [3.63, 3.8) is 0 Å². The third-order valence-corrected chi connectivity index (χ3v) is 3.18. The largest absolute Gasteiger partial charge is 0.398 e. The number of nitrogens with zero attached hydrogens (tertiary/aromatic N) is 1. The Kier molecular flexibility index (Phi) is 2.79. The Bertz CT molecular complexity index is 512. The van der Waals surface area contributed by atoms with Crippen LogP contribution in [0, 0.1) is 0 Å². The van der Waals surface area contributed by atoms with Gasteiger partial charge in [0.1, 0.15) is 0 Å². The van der Waals surface area contributed by atoms with Gasteiger partial charge in [0.2, 0.25) is 0 Å². The molecule has 1 aromatic heterocycles. The second kappa shape index (κ2) is 4.08. The van der Waals surface area contributed by atoms with Crippen molar-refractivity contribution in [2.75, 3.05) is 5.73 Å². The van der Waals surface area contributed by atoms with E-state index in [1.165, 1.54) is 0 Å². The van der Waals surface area contributed by atoms with E-state index < -0.39 is 0 Å². The Morgan fingerprint density at radius 2 is 2.27 bits per heavy atom. The first-order chi connectivity index (χ1) is 7.18. The number of hydrogen-bond donors (Lipinski definition) is 1. The Morgan fingerprint density at radius 3 is 2.87 bits per heavy atom. The molecule has 15 heavy (non-hydrogen) atoms. The average molecular weight is 241 g/mol. The summed E-state index contributed by atoms with van der Waals surface area (Å²) >= 11 is 7.17. The molecule has 0 spiro atoms. The summed E-state index contributed by atoms with van der Waals surface area (Å²) in [5.74, 6) is 0. The monoisotopic (exact) mass is 240 g/mol. The first-order valence-corrected chi connectivity index (χ1v) is 5.61. The lowest BCUT2D eigenvalue weighted by Crippen LogP contribution is -2.13. The molecule has 0 aliphatic carbocycles. The van der Waals surface area contributed by atoms with Gasteiger partial charge in [0.05, 0.1) is 6.54 Å². The molecule has 0 amide bonds. The van der Waals surface area contributed by atoms with Gasteiger partial charge in [-0.25, -0.2) is 0 Å². The molecule has 0 saturated carbocycles. The SMILES string of the molecule is Nc1cccc(Cl)c1Cn1ccsc1=O. The molecule has 0 radical (unpaired) electrons.